The van der Waals surface area contributed by atoms with Crippen LogP contribution in [0.25, 0.3) is 0 Å². The van der Waals surface area contributed by atoms with Crippen LogP contribution in [0.2, 0.25) is 0 Å². The molecular weight excluding hydrogens is 1210 g/mol. The molecule has 3 aliphatic carbocycles. The first-order valence-electron chi connectivity index (χ1n) is 26.7. The Kier molecular flexibility index (Phi) is 21.9. The molecule has 3 N–H and O–H groups in total. The smallest absolute Gasteiger partial charge is 0.416 e. The first kappa shape index (κ1) is 66.9. The third kappa shape index (κ3) is 18.7. The number of hydrogen-bond donors (Lipinski definition) is 3. The largest absolute Gasteiger partial charge is 0.494 e. The zero-order valence-electron chi connectivity index (χ0n) is 47.3. The van der Waals surface area contributed by atoms with E-state index < -0.39 is 75.7 Å². The number of ether oxygens (including phenoxy) is 5. The van der Waals surface area contributed by atoms with E-state index in [1.807, 2.05) is 6.92 Å². The van der Waals surface area contributed by atoms with Crippen LogP contribution >= 0.6 is 0 Å². The van der Waals surface area contributed by atoms with Crippen LogP contribution in [0.1, 0.15) is 85.9 Å². The molecule has 90 heavy (non-hydrogen) atoms. The lowest BCUT2D eigenvalue weighted by Crippen LogP contribution is -2.24. The van der Waals surface area contributed by atoms with E-state index in [0.29, 0.717) is 35.8 Å². The van der Waals surface area contributed by atoms with Gasteiger partial charge in [-0.1, -0.05) is 37.3 Å². The van der Waals surface area contributed by atoms with Gasteiger partial charge in [-0.15, -0.1) is 0 Å². The number of para-hydroxylation sites is 1. The predicted octanol–water partition coefficient (Wildman–Crippen LogP) is 15.3. The number of hydrogen-bond acceptors (Lipinski definition) is 11. The number of halogens is 11. The first-order valence-corrected chi connectivity index (χ1v) is 26.7. The lowest BCUT2D eigenvalue weighted by Gasteiger charge is -2.16. The SMILES string of the molecule is CCCOc1ccc(Oc2ccc(C(F)(F)F)cc2C(=O)NC2=CC(=O)CC=C2)cc1.COc1c(F)cccc1Oc1ccc(C(F)(F)F)cc1C(=O)NC1=CC(=O)CC=C1.Cc1ccc(Oc2ccc(C(F)(F)F)cc2C(=O)NC2=CC(=O)CC=C2)c(F)c1. The Balaban J connectivity index is 0.000000192. The minimum absolute atomic E-state index is 0.0561. The summed E-state index contributed by atoms with van der Waals surface area (Å²) in [7, 11) is 1.20. The summed E-state index contributed by atoms with van der Waals surface area (Å²) < 4.78 is 173. The van der Waals surface area contributed by atoms with Crippen LogP contribution in [-0.4, -0.2) is 48.8 Å². The van der Waals surface area contributed by atoms with E-state index in [0.717, 1.165) is 55.0 Å². The minimum Gasteiger partial charge on any atom is -0.494 e. The summed E-state index contributed by atoms with van der Waals surface area (Å²) >= 11 is 0. The van der Waals surface area contributed by atoms with Crippen LogP contribution in [0.4, 0.5) is 48.3 Å². The fraction of sp³-hybridized carbons (Fsp3) is 0.169. The molecule has 25 heteroatoms. The van der Waals surface area contributed by atoms with E-state index in [4.69, 9.17) is 23.7 Å². The van der Waals surface area contributed by atoms with Gasteiger partial charge in [0.1, 0.15) is 28.7 Å². The minimum atomic E-state index is -4.70. The molecule has 9 rings (SSSR count). The number of carbonyl (C=O) groups is 6. The van der Waals surface area contributed by atoms with Gasteiger partial charge >= 0.3 is 18.5 Å². The van der Waals surface area contributed by atoms with Gasteiger partial charge in [0, 0.05) is 54.6 Å². The van der Waals surface area contributed by atoms with Crippen molar-refractivity contribution in [2.45, 2.75) is 58.1 Å². The highest BCUT2D eigenvalue weighted by Crippen LogP contribution is 2.40. The molecule has 0 saturated heterocycles. The maximum atomic E-state index is 14.1. The Morgan fingerprint density at radius 3 is 1.23 bits per heavy atom. The van der Waals surface area contributed by atoms with Gasteiger partial charge in [-0.2, -0.15) is 39.5 Å². The number of nitrogens with one attached hydrogen (secondary N) is 3. The average molecular weight is 1260 g/mol. The highest BCUT2D eigenvalue weighted by Gasteiger charge is 2.35. The molecule has 6 aromatic rings. The van der Waals surface area contributed by atoms with Crippen LogP contribution in [0, 0.1) is 18.6 Å². The second kappa shape index (κ2) is 29.4. The maximum Gasteiger partial charge on any atom is 0.416 e. The molecule has 468 valence electrons. The van der Waals surface area contributed by atoms with Gasteiger partial charge in [-0.05, 0) is 140 Å². The second-order valence-corrected chi connectivity index (χ2v) is 19.3. The molecule has 0 fully saturated rings. The topological polar surface area (TPSA) is 185 Å². The van der Waals surface area contributed by atoms with Crippen molar-refractivity contribution in [3.63, 3.8) is 0 Å². The number of carbonyl (C=O) groups excluding carboxylic acids is 6. The van der Waals surface area contributed by atoms with Gasteiger partial charge in [-0.3, -0.25) is 28.8 Å². The maximum absolute atomic E-state index is 14.1. The van der Waals surface area contributed by atoms with E-state index in [1.54, 1.807) is 43.3 Å². The van der Waals surface area contributed by atoms with Crippen LogP contribution < -0.4 is 39.6 Å². The fourth-order valence-corrected chi connectivity index (χ4v) is 8.14. The van der Waals surface area contributed by atoms with Crippen molar-refractivity contribution in [2.24, 2.45) is 0 Å². The molecule has 3 aliphatic rings. The monoisotopic (exact) mass is 1260 g/mol. The van der Waals surface area contributed by atoms with E-state index in [2.05, 4.69) is 16.0 Å². The summed E-state index contributed by atoms with van der Waals surface area (Å²) in [4.78, 5) is 72.5. The van der Waals surface area contributed by atoms with Gasteiger partial charge in [-0.25, -0.2) is 8.78 Å². The normalized spacial score (nSPS) is 13.7. The molecule has 0 spiro atoms. The number of rotatable bonds is 16. The number of benzene rings is 6. The van der Waals surface area contributed by atoms with E-state index in [1.165, 1.54) is 80.0 Å². The summed E-state index contributed by atoms with van der Waals surface area (Å²) in [5, 5.41) is 7.19. The van der Waals surface area contributed by atoms with Gasteiger partial charge in [0.25, 0.3) is 17.7 Å². The predicted molar refractivity (Wildman–Crippen MR) is 304 cm³/mol. The van der Waals surface area contributed by atoms with E-state index >= 15 is 0 Å². The molecule has 0 bridgehead atoms. The summed E-state index contributed by atoms with van der Waals surface area (Å²) in [5.41, 5.74) is -3.26. The zero-order chi connectivity index (χ0) is 65.5. The Bertz CT molecular complexity index is 3920. The summed E-state index contributed by atoms with van der Waals surface area (Å²) in [5.74, 6) is -5.15. The number of allylic oxidation sites excluding steroid dienone is 9. The number of alkyl halides is 9. The number of methoxy groups -OCH3 is 1. The Morgan fingerprint density at radius 2 is 0.856 bits per heavy atom. The number of ketones is 3. The summed E-state index contributed by atoms with van der Waals surface area (Å²) in [6.07, 6.45) is -0.0488. The van der Waals surface area contributed by atoms with Gasteiger partial charge in [0.2, 0.25) is 0 Å². The van der Waals surface area contributed by atoms with E-state index in [9.17, 15) is 77.1 Å². The molecular formula is C65H50F11N3O11. The quantitative estimate of drug-likeness (QED) is 0.0784. The summed E-state index contributed by atoms with van der Waals surface area (Å²) in [6, 6.07) is 21.6. The molecule has 6 aromatic carbocycles. The van der Waals surface area contributed by atoms with Crippen molar-refractivity contribution in [1.29, 1.82) is 0 Å². The van der Waals surface area contributed by atoms with Crippen molar-refractivity contribution < 1.29 is 101 Å². The molecule has 14 nitrogen and oxygen atoms in total. The van der Waals surface area contributed by atoms with Gasteiger partial charge in [0.15, 0.2) is 46.2 Å². The van der Waals surface area contributed by atoms with Crippen LogP contribution in [-0.2, 0) is 32.9 Å². The zero-order valence-corrected chi connectivity index (χ0v) is 47.3. The molecule has 0 atom stereocenters. The van der Waals surface area contributed by atoms with Crippen LogP contribution in [0.15, 0.2) is 187 Å². The van der Waals surface area contributed by atoms with Crippen molar-refractivity contribution in [1.82, 2.24) is 16.0 Å². The molecule has 0 heterocycles. The number of aryl methyl sites for hydroxylation is 1. The Hall–Kier alpha value is -10.6. The lowest BCUT2D eigenvalue weighted by atomic mass is 10.1. The Labute approximate surface area is 505 Å². The first-order chi connectivity index (χ1) is 42.6. The van der Waals surface area contributed by atoms with Gasteiger partial charge < -0.3 is 39.6 Å². The van der Waals surface area contributed by atoms with Crippen LogP contribution in [0.3, 0.4) is 0 Å². The standard InChI is InChI=1S/C23H20F3NO4.C21H15F4NO4.C21H15F4NO3/c1-2-12-30-18-7-9-19(10-8-18)31-21-11-6-15(23(24,25)26)13-20(21)22(29)27-16-4-3-5-17(28)14-16;1-29-19-16(22)6-3-7-18(19)30-17-9-8-12(21(23,24)25)10-15(17)20(28)26-13-4-2-5-14(27)11-13;1-12-5-7-19(17(22)9-12)29-18-8-6-13(21(23,24)25)10-16(18)20(28)26-14-3-2-4-15(27)11-14/h3-4,6-11,13-14H,2,5,12H2,1H3,(H,27,29);2-4,6-11H,5H2,1H3,(H,26,28);2-3,5-11H,4H2,1H3,(H,26,28). The molecule has 0 aliphatic heterocycles. The van der Waals surface area contributed by atoms with Crippen molar-refractivity contribution in [3.05, 3.63) is 238 Å². The number of amides is 3. The molecule has 0 saturated carbocycles. The molecule has 0 unspecified atom stereocenters. The molecule has 3 amide bonds. The van der Waals surface area contributed by atoms with Crippen LogP contribution in [0.5, 0.6) is 46.0 Å². The highest BCUT2D eigenvalue weighted by molar-refractivity contribution is 6.02. The average Bonchev–Trinajstić information content (AvgIpc) is 0.905. The Morgan fingerprint density at radius 1 is 0.467 bits per heavy atom. The van der Waals surface area contributed by atoms with Crippen molar-refractivity contribution in [2.75, 3.05) is 13.7 Å². The van der Waals surface area contributed by atoms with Gasteiger partial charge in [0.05, 0.1) is 47.1 Å². The summed E-state index contributed by atoms with van der Waals surface area (Å²) in [6.45, 7) is 4.19. The van der Waals surface area contributed by atoms with E-state index in [-0.39, 0.29) is 93.8 Å². The highest BCUT2D eigenvalue weighted by atomic mass is 19.4. The third-order valence-corrected chi connectivity index (χ3v) is 12.4. The third-order valence-electron chi connectivity index (χ3n) is 12.4. The molecule has 0 aromatic heterocycles. The lowest BCUT2D eigenvalue weighted by molar-refractivity contribution is -0.138. The second-order valence-electron chi connectivity index (χ2n) is 19.3. The van der Waals surface area contributed by atoms with Crippen molar-refractivity contribution in [3.8, 4) is 46.0 Å². The van der Waals surface area contributed by atoms with Crippen molar-refractivity contribution >= 4 is 35.1 Å². The fourth-order valence-electron chi connectivity index (χ4n) is 8.14. The molecule has 0 radical (unpaired) electrons.